The van der Waals surface area contributed by atoms with E-state index >= 15 is 0 Å². The zero-order chi connectivity index (χ0) is 11.3. The first kappa shape index (κ1) is 12.6. The fourth-order valence-corrected chi connectivity index (χ4v) is 1.94. The average molecular weight is 261 g/mol. The number of thioether (sulfide) groups is 1. The summed E-state index contributed by atoms with van der Waals surface area (Å²) >= 11 is 12.7. The molecule has 0 atom stereocenters. The molecule has 82 valence electrons. The van der Waals surface area contributed by atoms with Gasteiger partial charge in [-0.05, 0) is 24.5 Å². The Labute approximate surface area is 105 Å². The normalized spacial score (nSPS) is 10.0. The summed E-state index contributed by atoms with van der Waals surface area (Å²) in [6.45, 7) is 0.921. The quantitative estimate of drug-likeness (QED) is 0.631. The molecule has 1 aromatic rings. The lowest BCUT2D eigenvalue weighted by Crippen LogP contribution is -2.10. The third kappa shape index (κ3) is 3.89. The molecular weight excluding hydrogens is 248 g/mol. The van der Waals surface area contributed by atoms with Crippen LogP contribution in [0.25, 0.3) is 0 Å². The SMILES string of the molecule is CSCCNc1ccc(C(N)=S)c(Cl)c1. The Hall–Kier alpha value is -0.450. The van der Waals surface area contributed by atoms with E-state index < -0.39 is 0 Å². The number of hydrogen-bond acceptors (Lipinski definition) is 3. The van der Waals surface area contributed by atoms with Crippen molar-refractivity contribution in [3.05, 3.63) is 28.8 Å². The van der Waals surface area contributed by atoms with Gasteiger partial charge in [0, 0.05) is 23.5 Å². The summed E-state index contributed by atoms with van der Waals surface area (Å²) in [6, 6.07) is 5.61. The topological polar surface area (TPSA) is 38.0 Å². The monoisotopic (exact) mass is 260 g/mol. The maximum absolute atomic E-state index is 6.02. The molecule has 5 heteroatoms. The van der Waals surface area contributed by atoms with Crippen molar-refractivity contribution in [1.82, 2.24) is 0 Å². The number of hydrogen-bond donors (Lipinski definition) is 2. The van der Waals surface area contributed by atoms with Crippen LogP contribution in [-0.4, -0.2) is 23.5 Å². The number of halogens is 1. The van der Waals surface area contributed by atoms with Crippen molar-refractivity contribution >= 4 is 46.3 Å². The van der Waals surface area contributed by atoms with E-state index in [0.29, 0.717) is 10.0 Å². The van der Waals surface area contributed by atoms with Gasteiger partial charge in [0.15, 0.2) is 0 Å². The highest BCUT2D eigenvalue weighted by Gasteiger charge is 2.03. The van der Waals surface area contributed by atoms with E-state index in [1.165, 1.54) is 0 Å². The third-order valence-corrected chi connectivity index (χ3v) is 3.01. The molecule has 0 spiro atoms. The minimum Gasteiger partial charge on any atom is -0.389 e. The second-order valence-electron chi connectivity index (χ2n) is 2.98. The minimum absolute atomic E-state index is 0.329. The number of benzene rings is 1. The van der Waals surface area contributed by atoms with Crippen LogP contribution in [0.15, 0.2) is 18.2 Å². The summed E-state index contributed by atoms with van der Waals surface area (Å²) < 4.78 is 0. The van der Waals surface area contributed by atoms with E-state index in [0.717, 1.165) is 23.5 Å². The molecule has 0 amide bonds. The second-order valence-corrected chi connectivity index (χ2v) is 4.81. The van der Waals surface area contributed by atoms with Crippen LogP contribution in [-0.2, 0) is 0 Å². The highest BCUT2D eigenvalue weighted by molar-refractivity contribution is 7.98. The molecule has 0 bridgehead atoms. The first-order valence-electron chi connectivity index (χ1n) is 4.47. The van der Waals surface area contributed by atoms with Crippen LogP contribution in [0, 0.1) is 0 Å². The van der Waals surface area contributed by atoms with Gasteiger partial charge >= 0.3 is 0 Å². The number of anilines is 1. The summed E-state index contributed by atoms with van der Waals surface area (Å²) in [7, 11) is 0. The van der Waals surface area contributed by atoms with Crippen LogP contribution in [0.1, 0.15) is 5.56 Å². The van der Waals surface area contributed by atoms with Crippen LogP contribution in [0.5, 0.6) is 0 Å². The van der Waals surface area contributed by atoms with E-state index in [2.05, 4.69) is 11.6 Å². The predicted molar refractivity (Wildman–Crippen MR) is 74.2 cm³/mol. The molecule has 0 aromatic heterocycles. The lowest BCUT2D eigenvalue weighted by Gasteiger charge is -2.08. The summed E-state index contributed by atoms with van der Waals surface area (Å²) in [4.78, 5) is 0.329. The molecule has 0 aliphatic heterocycles. The van der Waals surface area contributed by atoms with E-state index in [9.17, 15) is 0 Å². The van der Waals surface area contributed by atoms with Gasteiger partial charge in [0.05, 0.1) is 5.02 Å². The summed E-state index contributed by atoms with van der Waals surface area (Å²) in [5.74, 6) is 1.06. The van der Waals surface area contributed by atoms with Gasteiger partial charge in [0.1, 0.15) is 4.99 Å². The van der Waals surface area contributed by atoms with Gasteiger partial charge in [-0.1, -0.05) is 23.8 Å². The first-order chi connectivity index (χ1) is 7.15. The molecule has 15 heavy (non-hydrogen) atoms. The highest BCUT2D eigenvalue weighted by Crippen LogP contribution is 2.20. The van der Waals surface area contributed by atoms with Crippen molar-refractivity contribution in [2.24, 2.45) is 5.73 Å². The number of nitrogens with one attached hydrogen (secondary N) is 1. The second kappa shape index (κ2) is 6.20. The Morgan fingerprint density at radius 3 is 2.87 bits per heavy atom. The first-order valence-corrected chi connectivity index (χ1v) is 6.65. The van der Waals surface area contributed by atoms with Crippen molar-refractivity contribution in [1.29, 1.82) is 0 Å². The lowest BCUT2D eigenvalue weighted by molar-refractivity contribution is 1.23. The van der Waals surface area contributed by atoms with Crippen molar-refractivity contribution in [2.45, 2.75) is 0 Å². The van der Waals surface area contributed by atoms with E-state index in [1.54, 1.807) is 11.8 Å². The molecule has 0 aliphatic carbocycles. The molecule has 0 fully saturated rings. The summed E-state index contributed by atoms with van der Waals surface area (Å²) in [5, 5.41) is 3.86. The van der Waals surface area contributed by atoms with Crippen LogP contribution >= 0.6 is 35.6 Å². The van der Waals surface area contributed by atoms with Gasteiger partial charge in [-0.3, -0.25) is 0 Å². The fraction of sp³-hybridized carbons (Fsp3) is 0.300. The molecule has 0 unspecified atom stereocenters. The molecule has 0 saturated heterocycles. The molecule has 0 aliphatic rings. The third-order valence-electron chi connectivity index (χ3n) is 1.87. The van der Waals surface area contributed by atoms with Crippen LogP contribution < -0.4 is 11.1 Å². The van der Waals surface area contributed by atoms with Crippen LogP contribution in [0.4, 0.5) is 5.69 Å². The largest absolute Gasteiger partial charge is 0.389 e. The predicted octanol–water partition coefficient (Wildman–Crippen LogP) is 2.75. The number of thiocarbonyl (C=S) groups is 1. The maximum atomic E-state index is 6.02. The molecule has 0 radical (unpaired) electrons. The summed E-state index contributed by atoms with van der Waals surface area (Å²) in [5.41, 5.74) is 7.23. The van der Waals surface area contributed by atoms with E-state index in [1.807, 2.05) is 18.2 Å². The standard InChI is InChI=1S/C10H13ClN2S2/c1-15-5-4-13-7-2-3-8(10(12)14)9(11)6-7/h2-3,6,13H,4-5H2,1H3,(H2,12,14). The summed E-state index contributed by atoms with van der Waals surface area (Å²) in [6.07, 6.45) is 2.07. The van der Waals surface area contributed by atoms with Crippen molar-refractivity contribution in [2.75, 3.05) is 23.9 Å². The zero-order valence-corrected chi connectivity index (χ0v) is 10.8. The van der Waals surface area contributed by atoms with E-state index in [4.69, 9.17) is 29.6 Å². The maximum Gasteiger partial charge on any atom is 0.105 e. The minimum atomic E-state index is 0.329. The van der Waals surface area contributed by atoms with Crippen molar-refractivity contribution in [3.63, 3.8) is 0 Å². The van der Waals surface area contributed by atoms with Gasteiger partial charge in [0.2, 0.25) is 0 Å². The fourth-order valence-electron chi connectivity index (χ4n) is 1.12. The number of rotatable bonds is 5. The lowest BCUT2D eigenvalue weighted by atomic mass is 10.2. The Morgan fingerprint density at radius 1 is 1.60 bits per heavy atom. The molecule has 2 nitrogen and oxygen atoms in total. The van der Waals surface area contributed by atoms with Crippen LogP contribution in [0.3, 0.4) is 0 Å². The molecule has 0 heterocycles. The van der Waals surface area contributed by atoms with E-state index in [-0.39, 0.29) is 0 Å². The Bertz CT molecular complexity index is 355. The molecular formula is C10H13ClN2S2. The molecule has 0 saturated carbocycles. The Kier molecular flexibility index (Phi) is 5.22. The van der Waals surface area contributed by atoms with Crippen molar-refractivity contribution < 1.29 is 0 Å². The molecule has 1 aromatic carbocycles. The van der Waals surface area contributed by atoms with Gasteiger partial charge in [-0.2, -0.15) is 11.8 Å². The highest BCUT2D eigenvalue weighted by atomic mass is 35.5. The van der Waals surface area contributed by atoms with Crippen LogP contribution in [0.2, 0.25) is 5.02 Å². The van der Waals surface area contributed by atoms with Gasteiger partial charge < -0.3 is 11.1 Å². The van der Waals surface area contributed by atoms with Crippen molar-refractivity contribution in [3.8, 4) is 0 Å². The van der Waals surface area contributed by atoms with Gasteiger partial charge in [-0.15, -0.1) is 0 Å². The average Bonchev–Trinajstić information content (AvgIpc) is 2.17. The zero-order valence-electron chi connectivity index (χ0n) is 8.42. The molecule has 1 rings (SSSR count). The van der Waals surface area contributed by atoms with Gasteiger partial charge in [-0.25, -0.2) is 0 Å². The van der Waals surface area contributed by atoms with Gasteiger partial charge in [0.25, 0.3) is 0 Å². The molecule has 3 N–H and O–H groups in total. The Balaban J connectivity index is 2.69. The number of nitrogens with two attached hydrogens (primary N) is 1. The Morgan fingerprint density at radius 2 is 2.33 bits per heavy atom. The smallest absolute Gasteiger partial charge is 0.105 e.